The lowest BCUT2D eigenvalue weighted by Crippen LogP contribution is -2.14. The summed E-state index contributed by atoms with van der Waals surface area (Å²) in [6, 6.07) is 0. The van der Waals surface area contributed by atoms with Crippen molar-refractivity contribution in [2.75, 3.05) is 0 Å². The Hall–Kier alpha value is -0.860. The molecule has 2 unspecified atom stereocenters. The third-order valence-corrected chi connectivity index (χ3v) is 2.93. The van der Waals surface area contributed by atoms with Crippen LogP contribution in [-0.2, 0) is 14.3 Å². The Bertz CT molecular complexity index is 275. The molecule has 0 N–H and O–H groups in total. The summed E-state index contributed by atoms with van der Waals surface area (Å²) in [6.07, 6.45) is 3.19. The number of hydrogen-bond acceptors (Lipinski definition) is 3. The van der Waals surface area contributed by atoms with E-state index >= 15 is 0 Å². The van der Waals surface area contributed by atoms with E-state index < -0.39 is 0 Å². The van der Waals surface area contributed by atoms with Gasteiger partial charge in [0.1, 0.15) is 0 Å². The van der Waals surface area contributed by atoms with Gasteiger partial charge in [-0.3, -0.25) is 9.59 Å². The molecule has 3 nitrogen and oxygen atoms in total. The quantitative estimate of drug-likeness (QED) is 0.547. The van der Waals surface area contributed by atoms with Crippen LogP contribution in [0.15, 0.2) is 0 Å². The van der Waals surface area contributed by atoms with E-state index in [-0.39, 0.29) is 24.3 Å². The van der Waals surface area contributed by atoms with Crippen LogP contribution >= 0.6 is 0 Å². The van der Waals surface area contributed by atoms with Gasteiger partial charge in [0.2, 0.25) is 0 Å². The van der Waals surface area contributed by atoms with Gasteiger partial charge in [0, 0.05) is 0 Å². The van der Waals surface area contributed by atoms with Gasteiger partial charge in [0.15, 0.2) is 0 Å². The molecule has 0 aliphatic carbocycles. The molecule has 92 valence electrons. The van der Waals surface area contributed by atoms with Crippen molar-refractivity contribution >= 4 is 11.9 Å². The van der Waals surface area contributed by atoms with Gasteiger partial charge in [-0.15, -0.1) is 0 Å². The monoisotopic (exact) mass is 226 g/mol. The van der Waals surface area contributed by atoms with Crippen molar-refractivity contribution in [3.8, 4) is 0 Å². The third-order valence-electron chi connectivity index (χ3n) is 2.93. The van der Waals surface area contributed by atoms with Gasteiger partial charge in [0.05, 0.1) is 12.3 Å². The zero-order valence-corrected chi connectivity index (χ0v) is 10.7. The zero-order valence-electron chi connectivity index (χ0n) is 10.7. The van der Waals surface area contributed by atoms with Gasteiger partial charge in [-0.25, -0.2) is 0 Å². The lowest BCUT2D eigenvalue weighted by atomic mass is 9.82. The first-order valence-electron chi connectivity index (χ1n) is 6.02. The van der Waals surface area contributed by atoms with E-state index in [0.717, 1.165) is 19.3 Å². The lowest BCUT2D eigenvalue weighted by molar-refractivity contribution is -0.153. The highest BCUT2D eigenvalue weighted by Crippen LogP contribution is 2.29. The summed E-state index contributed by atoms with van der Waals surface area (Å²) in [6.45, 7) is 8.86. The average molecular weight is 226 g/mol. The van der Waals surface area contributed by atoms with Gasteiger partial charge in [0.25, 0.3) is 0 Å². The van der Waals surface area contributed by atoms with E-state index in [9.17, 15) is 9.59 Å². The summed E-state index contributed by atoms with van der Waals surface area (Å²) in [5.41, 5.74) is 0.325. The highest BCUT2D eigenvalue weighted by atomic mass is 16.6. The number of rotatable bonds is 4. The summed E-state index contributed by atoms with van der Waals surface area (Å²) in [5, 5.41) is 0. The van der Waals surface area contributed by atoms with Crippen LogP contribution in [0, 0.1) is 17.3 Å². The van der Waals surface area contributed by atoms with Gasteiger partial charge >= 0.3 is 11.9 Å². The van der Waals surface area contributed by atoms with Crippen molar-refractivity contribution in [1.29, 1.82) is 0 Å². The summed E-state index contributed by atoms with van der Waals surface area (Å²) >= 11 is 0. The second-order valence-corrected chi connectivity index (χ2v) is 6.14. The lowest BCUT2D eigenvalue weighted by Gasteiger charge is -2.23. The summed E-state index contributed by atoms with van der Waals surface area (Å²) in [4.78, 5) is 22.1. The Morgan fingerprint density at radius 1 is 1.38 bits per heavy atom. The molecule has 0 aromatic carbocycles. The predicted octanol–water partition coefficient (Wildman–Crippen LogP) is 2.93. The first-order chi connectivity index (χ1) is 7.28. The predicted molar refractivity (Wildman–Crippen MR) is 61.7 cm³/mol. The maximum absolute atomic E-state index is 11.2. The van der Waals surface area contributed by atoms with Crippen LogP contribution in [0.1, 0.15) is 53.4 Å². The van der Waals surface area contributed by atoms with Gasteiger partial charge in [-0.1, -0.05) is 27.7 Å². The summed E-state index contributed by atoms with van der Waals surface area (Å²) < 4.78 is 4.53. The zero-order chi connectivity index (χ0) is 12.3. The Kier molecular flexibility index (Phi) is 4.11. The minimum Gasteiger partial charge on any atom is -0.393 e. The van der Waals surface area contributed by atoms with E-state index in [0.29, 0.717) is 11.3 Å². The van der Waals surface area contributed by atoms with Crippen LogP contribution in [0.2, 0.25) is 0 Å². The van der Waals surface area contributed by atoms with Crippen LogP contribution in [-0.4, -0.2) is 11.9 Å². The van der Waals surface area contributed by atoms with Crippen molar-refractivity contribution in [2.45, 2.75) is 53.4 Å². The van der Waals surface area contributed by atoms with Crippen LogP contribution in [0.3, 0.4) is 0 Å². The van der Waals surface area contributed by atoms with Crippen LogP contribution in [0.25, 0.3) is 0 Å². The van der Waals surface area contributed by atoms with E-state index in [4.69, 9.17) is 0 Å². The number of cyclic esters (lactones) is 2. The van der Waals surface area contributed by atoms with Crippen molar-refractivity contribution in [1.82, 2.24) is 0 Å². The first kappa shape index (κ1) is 13.2. The molecule has 0 saturated carbocycles. The topological polar surface area (TPSA) is 43.4 Å². The van der Waals surface area contributed by atoms with Crippen molar-refractivity contribution in [2.24, 2.45) is 17.3 Å². The third kappa shape index (κ3) is 4.33. The standard InChI is InChI=1S/C13H22O3/c1-9(8-13(2,3)4)5-6-10-7-11(14)16-12(10)15/h9-10H,5-8H2,1-4H3. The number of hydrogen-bond donors (Lipinski definition) is 0. The molecule has 1 aliphatic rings. The van der Waals surface area contributed by atoms with Gasteiger partial charge in [-0.2, -0.15) is 0 Å². The molecular weight excluding hydrogens is 204 g/mol. The minimum absolute atomic E-state index is 0.185. The first-order valence-corrected chi connectivity index (χ1v) is 6.02. The SMILES string of the molecule is CC(CCC1CC(=O)OC1=O)CC(C)(C)C. The Balaban J connectivity index is 2.29. The molecule has 3 heteroatoms. The summed E-state index contributed by atoms with van der Waals surface area (Å²) in [5.74, 6) is -0.287. The van der Waals surface area contributed by atoms with E-state index in [2.05, 4.69) is 32.4 Å². The van der Waals surface area contributed by atoms with Crippen molar-refractivity contribution in [3.63, 3.8) is 0 Å². The van der Waals surface area contributed by atoms with Gasteiger partial charge in [-0.05, 0) is 30.6 Å². The minimum atomic E-state index is -0.363. The second-order valence-electron chi connectivity index (χ2n) is 6.14. The molecule has 1 rings (SSSR count). The Labute approximate surface area is 97.5 Å². The molecule has 2 atom stereocenters. The highest BCUT2D eigenvalue weighted by Gasteiger charge is 2.33. The van der Waals surface area contributed by atoms with E-state index in [1.165, 1.54) is 0 Å². The molecule has 1 fully saturated rings. The fourth-order valence-corrected chi connectivity index (χ4v) is 2.37. The molecule has 1 saturated heterocycles. The number of esters is 2. The molecule has 0 spiro atoms. The maximum atomic E-state index is 11.2. The van der Waals surface area contributed by atoms with Crippen LogP contribution in [0.5, 0.6) is 0 Å². The Morgan fingerprint density at radius 2 is 2.00 bits per heavy atom. The number of ether oxygens (including phenoxy) is 1. The second kappa shape index (κ2) is 4.98. The van der Waals surface area contributed by atoms with Crippen LogP contribution in [0.4, 0.5) is 0 Å². The molecule has 16 heavy (non-hydrogen) atoms. The van der Waals surface area contributed by atoms with E-state index in [1.807, 2.05) is 0 Å². The van der Waals surface area contributed by atoms with Crippen LogP contribution < -0.4 is 0 Å². The molecule has 0 radical (unpaired) electrons. The van der Waals surface area contributed by atoms with Crippen molar-refractivity contribution < 1.29 is 14.3 Å². The highest BCUT2D eigenvalue weighted by molar-refractivity contribution is 5.94. The molecule has 0 bridgehead atoms. The number of carbonyl (C=O) groups excluding carboxylic acids is 2. The molecule has 0 aromatic rings. The van der Waals surface area contributed by atoms with Gasteiger partial charge < -0.3 is 4.74 Å². The summed E-state index contributed by atoms with van der Waals surface area (Å²) in [7, 11) is 0. The molecule has 0 amide bonds. The molecular formula is C13H22O3. The molecule has 1 heterocycles. The fourth-order valence-electron chi connectivity index (χ4n) is 2.37. The largest absolute Gasteiger partial charge is 0.393 e. The fraction of sp³-hybridized carbons (Fsp3) is 0.846. The normalized spacial score (nSPS) is 23.4. The van der Waals surface area contributed by atoms with E-state index in [1.54, 1.807) is 0 Å². The molecule has 0 aromatic heterocycles. The van der Waals surface area contributed by atoms with Crippen molar-refractivity contribution in [3.05, 3.63) is 0 Å². The average Bonchev–Trinajstić information content (AvgIpc) is 2.38. The number of carbonyl (C=O) groups is 2. The maximum Gasteiger partial charge on any atom is 0.317 e. The smallest absolute Gasteiger partial charge is 0.317 e. The molecule has 1 aliphatic heterocycles. The Morgan fingerprint density at radius 3 is 2.44 bits per heavy atom.